The Morgan fingerprint density at radius 3 is 2.26 bits per heavy atom. The molecule has 0 unspecified atom stereocenters. The highest BCUT2D eigenvalue weighted by Crippen LogP contribution is 2.27. The Balaban J connectivity index is 1.90. The third-order valence-corrected chi connectivity index (χ3v) is 6.24. The van der Waals surface area contributed by atoms with E-state index in [2.05, 4.69) is 4.98 Å². The van der Waals surface area contributed by atoms with Crippen molar-refractivity contribution in [2.75, 3.05) is 0 Å². The number of rotatable bonds is 4. The van der Waals surface area contributed by atoms with Crippen molar-refractivity contribution in [2.45, 2.75) is 9.79 Å². The first kappa shape index (κ1) is 17.1. The number of hydrogen-bond donors (Lipinski definition) is 1. The van der Waals surface area contributed by atoms with Crippen molar-refractivity contribution in [1.82, 2.24) is 4.98 Å². The summed E-state index contributed by atoms with van der Waals surface area (Å²) >= 11 is 0. The van der Waals surface area contributed by atoms with E-state index < -0.39 is 9.84 Å². The van der Waals surface area contributed by atoms with Gasteiger partial charge in [0.25, 0.3) is 0 Å². The van der Waals surface area contributed by atoms with Crippen molar-refractivity contribution >= 4 is 26.3 Å². The second kappa shape index (κ2) is 6.78. The van der Waals surface area contributed by atoms with Gasteiger partial charge in [0.1, 0.15) is 0 Å². The summed E-state index contributed by atoms with van der Waals surface area (Å²) in [7, 11) is -3.74. The molecule has 0 saturated heterocycles. The molecule has 0 bridgehead atoms. The van der Waals surface area contributed by atoms with Crippen LogP contribution in [0.1, 0.15) is 11.3 Å². The summed E-state index contributed by atoms with van der Waals surface area (Å²) in [5, 5.41) is 10.5. The maximum absolute atomic E-state index is 13.1. The predicted octanol–water partition coefficient (Wildman–Crippen LogP) is 4.48. The smallest absolute Gasteiger partial charge is 0.207 e. The second-order valence-corrected chi connectivity index (χ2v) is 7.99. The lowest BCUT2D eigenvalue weighted by Gasteiger charge is -2.13. The van der Waals surface area contributed by atoms with Gasteiger partial charge < -0.3 is 0 Å². The minimum atomic E-state index is -3.74. The number of pyridine rings is 1. The molecular weight excluding hydrogens is 356 g/mol. The topological polar surface area (TPSA) is 70.9 Å². The van der Waals surface area contributed by atoms with Crippen LogP contribution >= 0.6 is 0 Å². The van der Waals surface area contributed by atoms with Crippen LogP contribution in [0.5, 0.6) is 0 Å². The standard InChI is InChI=1S/C22H16N2O2S/c23-21(22-18-11-5-4-8-16(18)14-15-24-22)19-12-6-7-13-20(19)27(25,26)17-9-2-1-3-10-17/h1-15,23H. The number of benzene rings is 3. The molecule has 0 saturated carbocycles. The number of nitrogens with zero attached hydrogens (tertiary/aromatic N) is 1. The molecule has 27 heavy (non-hydrogen) atoms. The first-order valence-electron chi connectivity index (χ1n) is 8.41. The molecule has 0 aliphatic carbocycles. The quantitative estimate of drug-likeness (QED) is 0.537. The summed E-state index contributed by atoms with van der Waals surface area (Å²) in [6, 6.07) is 24.4. The molecule has 0 aliphatic heterocycles. The summed E-state index contributed by atoms with van der Waals surface area (Å²) < 4.78 is 26.3. The summed E-state index contributed by atoms with van der Waals surface area (Å²) in [5.74, 6) is 0. The molecule has 0 fully saturated rings. The lowest BCUT2D eigenvalue weighted by Crippen LogP contribution is -2.12. The fourth-order valence-corrected chi connectivity index (χ4v) is 4.57. The largest absolute Gasteiger partial charge is 0.298 e. The van der Waals surface area contributed by atoms with E-state index in [1.807, 2.05) is 30.3 Å². The van der Waals surface area contributed by atoms with E-state index in [1.54, 1.807) is 54.7 Å². The Morgan fingerprint density at radius 2 is 1.44 bits per heavy atom. The Kier molecular flexibility index (Phi) is 4.30. The summed E-state index contributed by atoms with van der Waals surface area (Å²) in [6.45, 7) is 0. The van der Waals surface area contributed by atoms with Gasteiger partial charge in [0, 0.05) is 17.1 Å². The van der Waals surface area contributed by atoms with Gasteiger partial charge in [-0.2, -0.15) is 0 Å². The molecule has 3 aromatic carbocycles. The molecular formula is C22H16N2O2S. The highest BCUT2D eigenvalue weighted by atomic mass is 32.2. The first-order valence-corrected chi connectivity index (χ1v) is 9.89. The molecule has 0 atom stereocenters. The van der Waals surface area contributed by atoms with Crippen molar-refractivity contribution in [2.24, 2.45) is 0 Å². The maximum Gasteiger partial charge on any atom is 0.207 e. The van der Waals surface area contributed by atoms with Gasteiger partial charge in [-0.3, -0.25) is 10.4 Å². The molecule has 0 radical (unpaired) electrons. The Labute approximate surface area is 157 Å². The average Bonchev–Trinajstić information content (AvgIpc) is 2.73. The van der Waals surface area contributed by atoms with Crippen LogP contribution in [0.15, 0.2) is 101 Å². The molecule has 4 aromatic rings. The van der Waals surface area contributed by atoms with Gasteiger partial charge in [-0.15, -0.1) is 0 Å². The Morgan fingerprint density at radius 1 is 0.778 bits per heavy atom. The van der Waals surface area contributed by atoms with Gasteiger partial charge in [0.05, 0.1) is 21.2 Å². The van der Waals surface area contributed by atoms with Crippen LogP contribution < -0.4 is 0 Å². The van der Waals surface area contributed by atoms with Gasteiger partial charge in [0.2, 0.25) is 9.84 Å². The molecule has 4 rings (SSSR count). The molecule has 1 N–H and O–H groups in total. The molecule has 0 spiro atoms. The van der Waals surface area contributed by atoms with E-state index in [0.717, 1.165) is 10.8 Å². The van der Waals surface area contributed by atoms with Crippen LogP contribution in [0.3, 0.4) is 0 Å². The number of aromatic nitrogens is 1. The van der Waals surface area contributed by atoms with E-state index in [-0.39, 0.29) is 15.5 Å². The monoisotopic (exact) mass is 372 g/mol. The third-order valence-electron chi connectivity index (χ3n) is 4.41. The zero-order valence-electron chi connectivity index (χ0n) is 14.3. The molecule has 1 aromatic heterocycles. The first-order chi connectivity index (χ1) is 13.1. The van der Waals surface area contributed by atoms with Crippen molar-refractivity contribution < 1.29 is 8.42 Å². The fraction of sp³-hybridized carbons (Fsp3) is 0. The fourth-order valence-electron chi connectivity index (χ4n) is 3.08. The van der Waals surface area contributed by atoms with E-state index in [1.165, 1.54) is 6.07 Å². The van der Waals surface area contributed by atoms with Gasteiger partial charge in [-0.25, -0.2) is 8.42 Å². The summed E-state index contributed by atoms with van der Waals surface area (Å²) in [5.41, 5.74) is 0.885. The van der Waals surface area contributed by atoms with Crippen molar-refractivity contribution in [3.63, 3.8) is 0 Å². The lowest BCUT2D eigenvalue weighted by molar-refractivity contribution is 0.596. The Bertz CT molecular complexity index is 1240. The number of nitrogens with one attached hydrogen (secondary N) is 1. The van der Waals surface area contributed by atoms with E-state index in [0.29, 0.717) is 11.3 Å². The lowest BCUT2D eigenvalue weighted by atomic mass is 10.0. The van der Waals surface area contributed by atoms with Gasteiger partial charge in [0.15, 0.2) is 0 Å². The van der Waals surface area contributed by atoms with Crippen molar-refractivity contribution in [3.05, 3.63) is 102 Å². The Hall–Kier alpha value is -3.31. The van der Waals surface area contributed by atoms with E-state index in [9.17, 15) is 8.42 Å². The van der Waals surface area contributed by atoms with Crippen LogP contribution in [0, 0.1) is 5.41 Å². The van der Waals surface area contributed by atoms with Gasteiger partial charge in [-0.05, 0) is 29.7 Å². The van der Waals surface area contributed by atoms with E-state index in [4.69, 9.17) is 5.41 Å². The van der Waals surface area contributed by atoms with Crippen molar-refractivity contribution in [1.29, 1.82) is 5.41 Å². The van der Waals surface area contributed by atoms with Gasteiger partial charge >= 0.3 is 0 Å². The number of sulfone groups is 1. The van der Waals surface area contributed by atoms with Crippen LogP contribution in [0.4, 0.5) is 0 Å². The number of hydrogen-bond acceptors (Lipinski definition) is 4. The van der Waals surface area contributed by atoms with Crippen LogP contribution in [0.2, 0.25) is 0 Å². The molecule has 132 valence electrons. The van der Waals surface area contributed by atoms with Crippen molar-refractivity contribution in [3.8, 4) is 0 Å². The SMILES string of the molecule is N=C(c1ccccc1S(=O)(=O)c1ccccc1)c1nccc2ccccc12. The minimum absolute atomic E-state index is 0.0851. The number of fused-ring (bicyclic) bond motifs is 1. The zero-order chi connectivity index (χ0) is 18.9. The highest BCUT2D eigenvalue weighted by Gasteiger charge is 2.24. The third kappa shape index (κ3) is 3.02. The molecule has 0 aliphatic rings. The molecule has 0 amide bonds. The average molecular weight is 372 g/mol. The molecule has 5 heteroatoms. The highest BCUT2D eigenvalue weighted by molar-refractivity contribution is 7.91. The minimum Gasteiger partial charge on any atom is -0.298 e. The zero-order valence-corrected chi connectivity index (χ0v) is 15.1. The normalized spacial score (nSPS) is 11.4. The summed E-state index contributed by atoms with van der Waals surface area (Å²) in [4.78, 5) is 4.67. The second-order valence-electron chi connectivity index (χ2n) is 6.07. The van der Waals surface area contributed by atoms with Crippen LogP contribution in [0.25, 0.3) is 10.8 Å². The van der Waals surface area contributed by atoms with Crippen LogP contribution in [-0.2, 0) is 9.84 Å². The summed E-state index contributed by atoms with van der Waals surface area (Å²) in [6.07, 6.45) is 1.64. The van der Waals surface area contributed by atoms with E-state index >= 15 is 0 Å². The van der Waals surface area contributed by atoms with Crippen LogP contribution in [-0.4, -0.2) is 19.1 Å². The predicted molar refractivity (Wildman–Crippen MR) is 106 cm³/mol. The molecule has 1 heterocycles. The maximum atomic E-state index is 13.1. The van der Waals surface area contributed by atoms with Gasteiger partial charge in [-0.1, -0.05) is 60.7 Å². The molecule has 4 nitrogen and oxygen atoms in total.